The van der Waals surface area contributed by atoms with Crippen molar-refractivity contribution >= 4 is 13.2 Å². The van der Waals surface area contributed by atoms with Crippen molar-refractivity contribution in [1.82, 2.24) is 0 Å². The molecule has 22 heavy (non-hydrogen) atoms. The number of hydrogen-bond donors (Lipinski definition) is 0. The number of carbonyl (C=O) groups excluding carboxylic acids is 1. The van der Waals surface area contributed by atoms with Gasteiger partial charge in [-0.3, -0.25) is 0 Å². The van der Waals surface area contributed by atoms with E-state index in [1.807, 2.05) is 26.0 Å². The van der Waals surface area contributed by atoms with Gasteiger partial charge in [-0.15, -0.1) is 0 Å². The zero-order chi connectivity index (χ0) is 16.8. The number of aldehydes is 1. The number of hydrogen-bond acceptors (Lipinski definition) is 2. The first-order valence-corrected chi connectivity index (χ1v) is 7.44. The second-order valence-corrected chi connectivity index (χ2v) is 5.78. The van der Waals surface area contributed by atoms with E-state index >= 15 is 0 Å². The van der Waals surface area contributed by atoms with E-state index in [4.69, 9.17) is 0 Å². The van der Waals surface area contributed by atoms with Crippen LogP contribution < -0.4 is 4.94 Å². The van der Waals surface area contributed by atoms with E-state index in [2.05, 4.69) is 38.7 Å². The van der Waals surface area contributed by atoms with E-state index in [0.29, 0.717) is 6.29 Å². The van der Waals surface area contributed by atoms with Crippen LogP contribution in [0.3, 0.4) is 0 Å². The molecule has 0 spiro atoms. The SMILES string of the molecule is CC.CC(C)(C)c1bc(-c2ccc(OF)c(C=O)c2)ccc1. The summed E-state index contributed by atoms with van der Waals surface area (Å²) in [6.45, 7) is 12.5. The quantitative estimate of drug-likeness (QED) is 0.738. The molecule has 0 N–H and O–H groups in total. The molecule has 2 nitrogen and oxygen atoms in total. The van der Waals surface area contributed by atoms with Gasteiger partial charge in [-0.25, -0.2) is 0 Å². The Morgan fingerprint density at radius 2 is 1.82 bits per heavy atom. The molecule has 2 rings (SSSR count). The molecule has 4 heteroatoms. The van der Waals surface area contributed by atoms with Crippen molar-refractivity contribution in [2.75, 3.05) is 0 Å². The number of carbonyl (C=O) groups is 1. The van der Waals surface area contributed by atoms with Gasteiger partial charge in [-0.05, 0) is 0 Å². The first-order chi connectivity index (χ1) is 10.5. The fraction of sp³-hybridized carbons (Fsp3) is 0.333. The molecule has 0 amide bonds. The molecule has 1 heterocycles. The van der Waals surface area contributed by atoms with E-state index in [-0.39, 0.29) is 16.7 Å². The van der Waals surface area contributed by atoms with E-state index in [1.54, 1.807) is 12.1 Å². The average Bonchev–Trinajstić information content (AvgIpc) is 2.55. The van der Waals surface area contributed by atoms with Gasteiger partial charge in [0.1, 0.15) is 0 Å². The Kier molecular flexibility index (Phi) is 6.48. The minimum absolute atomic E-state index is 0.0471. The Morgan fingerprint density at radius 3 is 2.36 bits per heavy atom. The summed E-state index contributed by atoms with van der Waals surface area (Å²) in [5.41, 5.74) is 3.30. The van der Waals surface area contributed by atoms with E-state index in [1.165, 1.54) is 11.5 Å². The van der Waals surface area contributed by atoms with Gasteiger partial charge < -0.3 is 0 Å². The minimum atomic E-state index is -0.0595. The first kappa shape index (κ1) is 18.1. The topological polar surface area (TPSA) is 26.3 Å². The summed E-state index contributed by atoms with van der Waals surface area (Å²) in [7, 11) is 0. The predicted octanol–water partition coefficient (Wildman–Crippen LogP) is 5.09. The van der Waals surface area contributed by atoms with Crippen LogP contribution in [0.5, 0.6) is 5.75 Å². The molecule has 0 atom stereocenters. The zero-order valence-corrected chi connectivity index (χ0v) is 13.8. The summed E-state index contributed by atoms with van der Waals surface area (Å²) in [5, 5.41) is 0. The maximum atomic E-state index is 12.3. The molecule has 0 aliphatic rings. The second kappa shape index (κ2) is 7.88. The Hall–Kier alpha value is -1.97. The first-order valence-electron chi connectivity index (χ1n) is 7.44. The van der Waals surface area contributed by atoms with E-state index in [9.17, 15) is 9.32 Å². The van der Waals surface area contributed by atoms with Gasteiger partial charge in [0, 0.05) is 0 Å². The van der Waals surface area contributed by atoms with Crippen LogP contribution in [0.25, 0.3) is 11.0 Å². The molecule has 1 aromatic heterocycles. The summed E-state index contributed by atoms with van der Waals surface area (Å²) in [5.74, 6) is -0.0595. The van der Waals surface area contributed by atoms with Crippen LogP contribution in [0.2, 0.25) is 0 Å². The third-order valence-corrected chi connectivity index (χ3v) is 3.28. The summed E-state index contributed by atoms with van der Waals surface area (Å²) < 4.78 is 12.3. The summed E-state index contributed by atoms with van der Waals surface area (Å²) in [6.07, 6.45) is 0.589. The third kappa shape index (κ3) is 4.26. The van der Waals surface area contributed by atoms with Crippen LogP contribution in [0.1, 0.15) is 50.4 Å². The van der Waals surface area contributed by atoms with Gasteiger partial charge in [0.2, 0.25) is 0 Å². The number of halogens is 1. The molecule has 0 saturated carbocycles. The monoisotopic (exact) mass is 300 g/mol. The van der Waals surface area contributed by atoms with Gasteiger partial charge >= 0.3 is 118 Å². The Labute approximate surface area is 132 Å². The molecule has 0 aliphatic heterocycles. The van der Waals surface area contributed by atoms with Crippen LogP contribution >= 0.6 is 0 Å². The molecule has 0 saturated heterocycles. The van der Waals surface area contributed by atoms with Gasteiger partial charge in [0.15, 0.2) is 0 Å². The number of rotatable bonds is 3. The molecule has 0 radical (unpaired) electrons. The van der Waals surface area contributed by atoms with Crippen LogP contribution in [-0.4, -0.2) is 13.2 Å². The summed E-state index contributed by atoms with van der Waals surface area (Å²) in [6, 6.07) is 10.9. The molecular weight excluding hydrogens is 278 g/mol. The summed E-state index contributed by atoms with van der Waals surface area (Å²) >= 11 is 0. The molecule has 116 valence electrons. The van der Waals surface area contributed by atoms with Crippen LogP contribution in [0.15, 0.2) is 36.4 Å². The van der Waals surface area contributed by atoms with Crippen molar-refractivity contribution in [2.45, 2.75) is 40.0 Å². The molecule has 2 aromatic rings. The summed E-state index contributed by atoms with van der Waals surface area (Å²) in [4.78, 5) is 14.6. The molecule has 0 bridgehead atoms. The van der Waals surface area contributed by atoms with Crippen LogP contribution in [-0.2, 0) is 5.41 Å². The Bertz CT molecular complexity index is 633. The van der Waals surface area contributed by atoms with Crippen molar-refractivity contribution < 1.29 is 14.3 Å². The van der Waals surface area contributed by atoms with E-state index in [0.717, 1.165) is 11.0 Å². The number of benzene rings is 1. The van der Waals surface area contributed by atoms with Crippen molar-refractivity contribution in [3.05, 3.63) is 47.4 Å². The fourth-order valence-corrected chi connectivity index (χ4v) is 2.06. The normalized spacial score (nSPS) is 10.3. The third-order valence-electron chi connectivity index (χ3n) is 3.28. The van der Waals surface area contributed by atoms with Gasteiger partial charge in [-0.2, -0.15) is 0 Å². The zero-order valence-electron chi connectivity index (χ0n) is 13.8. The van der Waals surface area contributed by atoms with Gasteiger partial charge in [0.05, 0.1) is 0 Å². The Morgan fingerprint density at radius 1 is 1.14 bits per heavy atom. The molecular formula is C18H22BFO2. The Balaban J connectivity index is 0.00000116. The van der Waals surface area contributed by atoms with Crippen molar-refractivity contribution in [1.29, 1.82) is 0 Å². The molecule has 1 aromatic carbocycles. The molecule has 0 aliphatic carbocycles. The molecule has 0 unspecified atom stereocenters. The molecule has 0 fully saturated rings. The standard InChI is InChI=1S/C16H16BFO2.C2H6/c1-16(2,3)15-6-4-5-13(17-15)11-7-8-14(20-18)12(9-11)10-19;1-2/h4-10H,1-3H3;1-2H3. The maximum absolute atomic E-state index is 12.3. The second-order valence-electron chi connectivity index (χ2n) is 5.78. The van der Waals surface area contributed by atoms with Crippen LogP contribution in [0.4, 0.5) is 4.53 Å². The van der Waals surface area contributed by atoms with Gasteiger partial charge in [-0.1, -0.05) is 13.8 Å². The average molecular weight is 300 g/mol. The van der Waals surface area contributed by atoms with Crippen molar-refractivity contribution in [3.8, 4) is 16.8 Å². The van der Waals surface area contributed by atoms with E-state index < -0.39 is 0 Å². The van der Waals surface area contributed by atoms with Gasteiger partial charge in [0.25, 0.3) is 0 Å². The van der Waals surface area contributed by atoms with Crippen molar-refractivity contribution in [2.24, 2.45) is 0 Å². The van der Waals surface area contributed by atoms with Crippen LogP contribution in [0, 0.1) is 0 Å². The fourth-order valence-electron chi connectivity index (χ4n) is 2.06. The predicted molar refractivity (Wildman–Crippen MR) is 90.4 cm³/mol. The van der Waals surface area contributed by atoms with Crippen molar-refractivity contribution in [3.63, 3.8) is 0 Å².